The number of nitrogens with one attached hydrogen (secondary N) is 1. The summed E-state index contributed by atoms with van der Waals surface area (Å²) in [5, 5.41) is 2.92. The van der Waals surface area contributed by atoms with Gasteiger partial charge in [0.15, 0.2) is 5.79 Å². The van der Waals surface area contributed by atoms with Gasteiger partial charge < -0.3 is 25.3 Å². The number of amides is 1. The number of aryl methyl sites for hydroxylation is 1. The smallest absolute Gasteiger partial charge is 0.220 e. The highest BCUT2D eigenvalue weighted by molar-refractivity contribution is 5.76. The van der Waals surface area contributed by atoms with Crippen molar-refractivity contribution < 1.29 is 19.0 Å². The molecule has 1 heterocycles. The molecule has 1 aliphatic heterocycles. The zero-order valence-electron chi connectivity index (χ0n) is 14.5. The minimum absolute atomic E-state index is 0.0148. The minimum atomic E-state index is -0.726. The first-order chi connectivity index (χ1) is 11.5. The number of ether oxygens (including phenoxy) is 3. The van der Waals surface area contributed by atoms with Gasteiger partial charge in [0.2, 0.25) is 5.91 Å². The van der Waals surface area contributed by atoms with Crippen molar-refractivity contribution in [3.8, 4) is 0 Å². The van der Waals surface area contributed by atoms with Crippen LogP contribution in [0.5, 0.6) is 0 Å². The average Bonchev–Trinajstić information content (AvgIpc) is 2.56. The topological polar surface area (TPSA) is 82.8 Å². The molecule has 6 heteroatoms. The van der Waals surface area contributed by atoms with Crippen molar-refractivity contribution >= 4 is 5.91 Å². The quantitative estimate of drug-likeness (QED) is 0.816. The molecule has 134 valence electrons. The van der Waals surface area contributed by atoms with E-state index in [9.17, 15) is 4.79 Å². The van der Waals surface area contributed by atoms with E-state index in [1.54, 1.807) is 0 Å². The third-order valence-electron chi connectivity index (χ3n) is 3.93. The van der Waals surface area contributed by atoms with E-state index in [1.165, 1.54) is 0 Å². The van der Waals surface area contributed by atoms with Crippen LogP contribution in [-0.4, -0.2) is 50.2 Å². The van der Waals surface area contributed by atoms with Crippen LogP contribution in [0.1, 0.15) is 25.8 Å². The predicted molar refractivity (Wildman–Crippen MR) is 91.5 cm³/mol. The largest absolute Gasteiger partial charge is 0.372 e. The third kappa shape index (κ3) is 6.20. The molecule has 24 heavy (non-hydrogen) atoms. The monoisotopic (exact) mass is 336 g/mol. The number of hydrogen-bond acceptors (Lipinski definition) is 5. The maximum absolute atomic E-state index is 12.1. The van der Waals surface area contributed by atoms with Gasteiger partial charge in [0.25, 0.3) is 0 Å². The molecule has 0 unspecified atom stereocenters. The Morgan fingerprint density at radius 3 is 2.71 bits per heavy atom. The molecule has 1 fully saturated rings. The van der Waals surface area contributed by atoms with E-state index in [4.69, 9.17) is 19.9 Å². The number of rotatable bonds is 6. The fraction of sp³-hybridized carbons (Fsp3) is 0.611. The Kier molecular flexibility index (Phi) is 7.17. The van der Waals surface area contributed by atoms with Crippen LogP contribution < -0.4 is 11.1 Å². The number of benzene rings is 1. The molecule has 0 aromatic heterocycles. The Balaban J connectivity index is 1.83. The van der Waals surface area contributed by atoms with Crippen molar-refractivity contribution in [2.75, 3.05) is 26.3 Å². The van der Waals surface area contributed by atoms with E-state index in [0.29, 0.717) is 39.1 Å². The first-order valence-corrected chi connectivity index (χ1v) is 8.44. The highest BCUT2D eigenvalue weighted by Crippen LogP contribution is 2.19. The summed E-state index contributed by atoms with van der Waals surface area (Å²) in [4.78, 5) is 12.1. The van der Waals surface area contributed by atoms with Crippen molar-refractivity contribution in [2.45, 2.75) is 44.7 Å². The molecule has 0 bridgehead atoms. The van der Waals surface area contributed by atoms with Crippen LogP contribution in [0.25, 0.3) is 0 Å². The number of nitrogens with two attached hydrogens (primary N) is 1. The van der Waals surface area contributed by atoms with Crippen LogP contribution in [0.2, 0.25) is 0 Å². The summed E-state index contributed by atoms with van der Waals surface area (Å²) in [7, 11) is 0. The molecule has 1 aliphatic rings. The van der Waals surface area contributed by atoms with Gasteiger partial charge in [-0.25, -0.2) is 0 Å². The summed E-state index contributed by atoms with van der Waals surface area (Å²) >= 11 is 0. The van der Waals surface area contributed by atoms with Gasteiger partial charge in [-0.05, 0) is 25.8 Å². The van der Waals surface area contributed by atoms with Crippen molar-refractivity contribution in [3.63, 3.8) is 0 Å². The first kappa shape index (κ1) is 18.9. The summed E-state index contributed by atoms with van der Waals surface area (Å²) < 4.78 is 17.2. The minimum Gasteiger partial charge on any atom is -0.372 e. The fourth-order valence-corrected chi connectivity index (χ4v) is 2.67. The lowest BCUT2D eigenvalue weighted by Gasteiger charge is -2.37. The van der Waals surface area contributed by atoms with E-state index in [-0.39, 0.29) is 18.1 Å². The second kappa shape index (κ2) is 9.13. The van der Waals surface area contributed by atoms with Gasteiger partial charge in [-0.2, -0.15) is 0 Å². The lowest BCUT2D eigenvalue weighted by Crippen LogP contribution is -2.51. The van der Waals surface area contributed by atoms with Gasteiger partial charge in [-0.15, -0.1) is 0 Å². The Morgan fingerprint density at radius 2 is 2.00 bits per heavy atom. The second-order valence-electron chi connectivity index (χ2n) is 6.34. The summed E-state index contributed by atoms with van der Waals surface area (Å²) in [5.41, 5.74) is 6.93. The Morgan fingerprint density at radius 1 is 1.25 bits per heavy atom. The summed E-state index contributed by atoms with van der Waals surface area (Å²) in [6, 6.07) is 9.95. The number of hydrogen-bond donors (Lipinski definition) is 2. The van der Waals surface area contributed by atoms with E-state index in [1.807, 2.05) is 44.2 Å². The molecule has 1 saturated heterocycles. The van der Waals surface area contributed by atoms with Crippen LogP contribution in [0, 0.1) is 0 Å². The average molecular weight is 336 g/mol. The maximum atomic E-state index is 12.1. The van der Waals surface area contributed by atoms with E-state index >= 15 is 0 Å². The van der Waals surface area contributed by atoms with Gasteiger partial charge in [0, 0.05) is 19.5 Å². The van der Waals surface area contributed by atoms with Crippen LogP contribution in [0.4, 0.5) is 0 Å². The van der Waals surface area contributed by atoms with Gasteiger partial charge >= 0.3 is 0 Å². The van der Waals surface area contributed by atoms with Crippen LogP contribution >= 0.6 is 0 Å². The Hall–Kier alpha value is -1.47. The van der Waals surface area contributed by atoms with Crippen molar-refractivity contribution in [1.29, 1.82) is 0 Å². The summed E-state index contributed by atoms with van der Waals surface area (Å²) in [5.74, 6) is -0.740. The number of carbonyl (C=O) groups excluding carboxylic acids is 1. The lowest BCUT2D eigenvalue weighted by atomic mass is 10.1. The molecule has 0 aliphatic carbocycles. The van der Waals surface area contributed by atoms with Crippen LogP contribution in [0.3, 0.4) is 0 Å². The van der Waals surface area contributed by atoms with E-state index < -0.39 is 5.79 Å². The van der Waals surface area contributed by atoms with Gasteiger partial charge in [0.05, 0.1) is 19.3 Å². The molecule has 2 atom stereocenters. The molecule has 1 aromatic rings. The van der Waals surface area contributed by atoms with E-state index in [0.717, 1.165) is 5.56 Å². The summed E-state index contributed by atoms with van der Waals surface area (Å²) in [6.07, 6.45) is 0.544. The molecule has 6 nitrogen and oxygen atoms in total. The highest BCUT2D eigenvalue weighted by Gasteiger charge is 2.32. The van der Waals surface area contributed by atoms with Crippen LogP contribution in [-0.2, 0) is 25.4 Å². The zero-order valence-corrected chi connectivity index (χ0v) is 14.5. The molecular formula is C18H28N2O4. The van der Waals surface area contributed by atoms with Crippen molar-refractivity contribution in [2.24, 2.45) is 5.73 Å². The predicted octanol–water partition coefficient (Wildman–Crippen LogP) is 1.23. The SMILES string of the molecule is CC1(C)OCCO[C@H](CN)[C@H](CNC(=O)CCc2ccccc2)O1. The molecule has 3 N–H and O–H groups in total. The van der Waals surface area contributed by atoms with E-state index in [2.05, 4.69) is 5.32 Å². The lowest BCUT2D eigenvalue weighted by molar-refractivity contribution is -0.276. The summed E-state index contributed by atoms with van der Waals surface area (Å²) in [6.45, 7) is 5.32. The first-order valence-electron chi connectivity index (χ1n) is 8.44. The maximum Gasteiger partial charge on any atom is 0.220 e. The number of carbonyl (C=O) groups is 1. The van der Waals surface area contributed by atoms with Gasteiger partial charge in [-0.3, -0.25) is 4.79 Å². The van der Waals surface area contributed by atoms with Crippen molar-refractivity contribution in [1.82, 2.24) is 5.32 Å². The fourth-order valence-electron chi connectivity index (χ4n) is 2.67. The molecule has 0 saturated carbocycles. The van der Waals surface area contributed by atoms with Crippen molar-refractivity contribution in [3.05, 3.63) is 35.9 Å². The standard InChI is InChI=1S/C18H28N2O4/c1-18(2)23-11-10-22-15(12-19)16(24-18)13-20-17(21)9-8-14-6-4-3-5-7-14/h3-7,15-16H,8-13,19H2,1-2H3,(H,20,21)/t15-,16+/m1/s1. The molecule has 0 radical (unpaired) electrons. The zero-order chi connectivity index (χ0) is 17.4. The third-order valence-corrected chi connectivity index (χ3v) is 3.93. The Labute approximate surface area is 143 Å². The van der Waals surface area contributed by atoms with Gasteiger partial charge in [0.1, 0.15) is 6.10 Å². The molecular weight excluding hydrogens is 308 g/mol. The Bertz CT molecular complexity index is 507. The molecule has 1 amide bonds. The normalized spacial score (nSPS) is 24.0. The highest BCUT2D eigenvalue weighted by atomic mass is 16.7. The molecule has 1 aromatic carbocycles. The molecule has 0 spiro atoms. The molecule has 2 rings (SSSR count). The van der Waals surface area contributed by atoms with Gasteiger partial charge in [-0.1, -0.05) is 30.3 Å². The van der Waals surface area contributed by atoms with Crippen LogP contribution in [0.15, 0.2) is 30.3 Å². The second-order valence-corrected chi connectivity index (χ2v) is 6.34.